The van der Waals surface area contributed by atoms with Crippen molar-refractivity contribution in [2.75, 3.05) is 43.5 Å². The molecule has 0 atom stereocenters. The Morgan fingerprint density at radius 2 is 1.81 bits per heavy atom. The zero-order valence-corrected chi connectivity index (χ0v) is 14.9. The van der Waals surface area contributed by atoms with Gasteiger partial charge in [-0.05, 0) is 36.4 Å². The van der Waals surface area contributed by atoms with Crippen LogP contribution in [-0.2, 0) is 9.53 Å². The average Bonchev–Trinajstić information content (AvgIpc) is 2.74. The van der Waals surface area contributed by atoms with Crippen LogP contribution in [0.5, 0.6) is 0 Å². The Balaban J connectivity index is 1.67. The first kappa shape index (κ1) is 18.4. The third-order valence-corrected chi connectivity index (χ3v) is 4.37. The molecule has 2 amide bonds. The zero-order valence-electron chi connectivity index (χ0n) is 14.9. The smallest absolute Gasteiger partial charge is 0.337 e. The van der Waals surface area contributed by atoms with Crippen molar-refractivity contribution in [1.29, 1.82) is 0 Å². The maximum absolute atomic E-state index is 12.5. The number of hydrogen-bond donors (Lipinski definition) is 1. The van der Waals surface area contributed by atoms with Gasteiger partial charge in [-0.2, -0.15) is 0 Å². The van der Waals surface area contributed by atoms with Crippen molar-refractivity contribution in [1.82, 2.24) is 9.88 Å². The molecule has 1 aliphatic heterocycles. The largest absolute Gasteiger partial charge is 0.465 e. The summed E-state index contributed by atoms with van der Waals surface area (Å²) in [6.45, 7) is 2.72. The van der Waals surface area contributed by atoms with Gasteiger partial charge in [-0.15, -0.1) is 0 Å². The van der Waals surface area contributed by atoms with Crippen molar-refractivity contribution >= 4 is 29.7 Å². The molecule has 0 aliphatic carbocycles. The second-order valence-electron chi connectivity index (χ2n) is 6.05. The van der Waals surface area contributed by atoms with Gasteiger partial charge in [0.2, 0.25) is 6.41 Å². The van der Waals surface area contributed by atoms with E-state index in [-0.39, 0.29) is 5.91 Å². The third-order valence-electron chi connectivity index (χ3n) is 4.37. The molecule has 1 saturated heterocycles. The number of methoxy groups -OCH3 is 1. The monoisotopic (exact) mass is 368 g/mol. The number of hydrogen-bond acceptors (Lipinski definition) is 6. The molecule has 0 spiro atoms. The van der Waals surface area contributed by atoms with Crippen LogP contribution in [0.2, 0.25) is 0 Å². The van der Waals surface area contributed by atoms with Gasteiger partial charge in [0.1, 0.15) is 5.69 Å². The molecule has 1 N–H and O–H groups in total. The highest BCUT2D eigenvalue weighted by Crippen LogP contribution is 2.18. The van der Waals surface area contributed by atoms with Gasteiger partial charge < -0.3 is 19.9 Å². The number of amides is 2. The van der Waals surface area contributed by atoms with Gasteiger partial charge in [0.05, 0.1) is 12.7 Å². The number of aromatic nitrogens is 1. The molecule has 2 aromatic rings. The normalized spacial score (nSPS) is 13.8. The van der Waals surface area contributed by atoms with Crippen molar-refractivity contribution in [2.24, 2.45) is 0 Å². The fourth-order valence-corrected chi connectivity index (χ4v) is 2.83. The molecular weight excluding hydrogens is 348 g/mol. The number of carbonyl (C=O) groups excluding carboxylic acids is 3. The minimum absolute atomic E-state index is 0.294. The molecule has 1 aliphatic rings. The van der Waals surface area contributed by atoms with Crippen molar-refractivity contribution in [3.63, 3.8) is 0 Å². The summed E-state index contributed by atoms with van der Waals surface area (Å²) in [7, 11) is 1.31. The van der Waals surface area contributed by atoms with Crippen LogP contribution in [0.25, 0.3) is 0 Å². The van der Waals surface area contributed by atoms with Crippen LogP contribution in [-0.4, -0.2) is 61.5 Å². The van der Waals surface area contributed by atoms with E-state index < -0.39 is 5.97 Å². The lowest BCUT2D eigenvalue weighted by molar-refractivity contribution is -0.118. The molecule has 2 heterocycles. The zero-order chi connectivity index (χ0) is 19.2. The molecule has 8 heteroatoms. The Hall–Kier alpha value is -3.42. The third kappa shape index (κ3) is 4.41. The van der Waals surface area contributed by atoms with Gasteiger partial charge in [0.15, 0.2) is 0 Å². The van der Waals surface area contributed by atoms with Crippen LogP contribution in [0.1, 0.15) is 20.8 Å². The summed E-state index contributed by atoms with van der Waals surface area (Å²) in [6.07, 6.45) is 2.45. The van der Waals surface area contributed by atoms with E-state index in [1.165, 1.54) is 7.11 Å². The number of ether oxygens (including phenoxy) is 1. The summed E-state index contributed by atoms with van der Waals surface area (Å²) in [5, 5.41) is 2.76. The maximum atomic E-state index is 12.5. The van der Waals surface area contributed by atoms with Gasteiger partial charge in [0, 0.05) is 43.8 Å². The van der Waals surface area contributed by atoms with Crippen molar-refractivity contribution < 1.29 is 19.1 Å². The van der Waals surface area contributed by atoms with E-state index in [0.717, 1.165) is 12.1 Å². The van der Waals surface area contributed by atoms with Crippen molar-refractivity contribution in [3.05, 3.63) is 53.9 Å². The number of nitrogens with one attached hydrogen (secondary N) is 1. The first-order valence-electron chi connectivity index (χ1n) is 8.51. The van der Waals surface area contributed by atoms with E-state index in [0.29, 0.717) is 43.1 Å². The fourth-order valence-electron chi connectivity index (χ4n) is 2.83. The molecule has 1 aromatic carbocycles. The maximum Gasteiger partial charge on any atom is 0.337 e. The van der Waals surface area contributed by atoms with Crippen molar-refractivity contribution in [3.8, 4) is 0 Å². The standard InChI is InChI=1S/C19H20N4O4/c1-27-19(26)14-2-4-15(5-3-14)21-18(25)17-12-16(6-7-20-17)23-10-8-22(13-24)9-11-23/h2-7,12-13H,8-11H2,1H3,(H,21,25). The Kier molecular flexibility index (Phi) is 5.65. The molecule has 1 fully saturated rings. The molecule has 0 radical (unpaired) electrons. The van der Waals surface area contributed by atoms with Gasteiger partial charge in [0.25, 0.3) is 5.91 Å². The Labute approximate surface area is 156 Å². The number of benzene rings is 1. The number of piperazine rings is 1. The summed E-state index contributed by atoms with van der Waals surface area (Å²) in [4.78, 5) is 42.7. The average molecular weight is 368 g/mol. The highest BCUT2D eigenvalue weighted by Gasteiger charge is 2.17. The molecule has 140 valence electrons. The van der Waals surface area contributed by atoms with Crippen LogP contribution < -0.4 is 10.2 Å². The molecule has 0 unspecified atom stereocenters. The summed E-state index contributed by atoms with van der Waals surface area (Å²) in [6, 6.07) is 10.0. The quantitative estimate of drug-likeness (QED) is 0.634. The van der Waals surface area contributed by atoms with Crippen LogP contribution in [0.15, 0.2) is 42.6 Å². The summed E-state index contributed by atoms with van der Waals surface area (Å²) in [5.74, 6) is -0.772. The van der Waals surface area contributed by atoms with E-state index >= 15 is 0 Å². The van der Waals surface area contributed by atoms with E-state index in [1.807, 2.05) is 6.07 Å². The molecule has 8 nitrogen and oxygen atoms in total. The number of carbonyl (C=O) groups is 3. The minimum Gasteiger partial charge on any atom is -0.465 e. The van der Waals surface area contributed by atoms with Crippen LogP contribution in [0.3, 0.4) is 0 Å². The van der Waals surface area contributed by atoms with E-state index in [4.69, 9.17) is 0 Å². The number of anilines is 2. The highest BCUT2D eigenvalue weighted by atomic mass is 16.5. The lowest BCUT2D eigenvalue weighted by Crippen LogP contribution is -2.45. The lowest BCUT2D eigenvalue weighted by Gasteiger charge is -2.34. The van der Waals surface area contributed by atoms with Gasteiger partial charge in [-0.1, -0.05) is 0 Å². The number of nitrogens with zero attached hydrogens (tertiary/aromatic N) is 3. The molecule has 0 saturated carbocycles. The molecule has 27 heavy (non-hydrogen) atoms. The van der Waals surface area contributed by atoms with E-state index in [9.17, 15) is 14.4 Å². The van der Waals surface area contributed by atoms with Crippen LogP contribution in [0, 0.1) is 0 Å². The predicted molar refractivity (Wildman–Crippen MR) is 99.8 cm³/mol. The summed E-state index contributed by atoms with van der Waals surface area (Å²) < 4.78 is 4.65. The van der Waals surface area contributed by atoms with Crippen molar-refractivity contribution in [2.45, 2.75) is 0 Å². The number of rotatable bonds is 5. The Morgan fingerprint density at radius 3 is 2.44 bits per heavy atom. The SMILES string of the molecule is COC(=O)c1ccc(NC(=O)c2cc(N3CCN(C=O)CC3)ccn2)cc1. The lowest BCUT2D eigenvalue weighted by atomic mass is 10.2. The van der Waals surface area contributed by atoms with Gasteiger partial charge in [-0.25, -0.2) is 4.79 Å². The summed E-state index contributed by atoms with van der Waals surface area (Å²) >= 11 is 0. The first-order valence-corrected chi connectivity index (χ1v) is 8.51. The van der Waals surface area contributed by atoms with E-state index in [1.54, 1.807) is 41.4 Å². The molecule has 3 rings (SSSR count). The first-order chi connectivity index (χ1) is 13.1. The molecule has 0 bridgehead atoms. The Bertz CT molecular complexity index is 830. The topological polar surface area (TPSA) is 91.8 Å². The minimum atomic E-state index is -0.433. The fraction of sp³-hybridized carbons (Fsp3) is 0.263. The molecule has 1 aromatic heterocycles. The summed E-state index contributed by atoms with van der Waals surface area (Å²) in [5.41, 5.74) is 2.15. The number of esters is 1. The number of pyridine rings is 1. The van der Waals surface area contributed by atoms with Gasteiger partial charge in [-0.3, -0.25) is 14.6 Å². The van der Waals surface area contributed by atoms with Gasteiger partial charge >= 0.3 is 5.97 Å². The second-order valence-corrected chi connectivity index (χ2v) is 6.05. The van der Waals surface area contributed by atoms with Crippen LogP contribution >= 0.6 is 0 Å². The molecular formula is C19H20N4O4. The van der Waals surface area contributed by atoms with Crippen LogP contribution in [0.4, 0.5) is 11.4 Å². The Morgan fingerprint density at radius 1 is 1.11 bits per heavy atom. The predicted octanol–water partition coefficient (Wildman–Crippen LogP) is 1.40. The van der Waals surface area contributed by atoms with E-state index in [2.05, 4.69) is 19.9 Å². The second kappa shape index (κ2) is 8.31. The highest BCUT2D eigenvalue weighted by molar-refractivity contribution is 6.03.